The highest BCUT2D eigenvalue weighted by molar-refractivity contribution is 14.0. The Labute approximate surface area is 213 Å². The minimum absolute atomic E-state index is 0. The Morgan fingerprint density at radius 1 is 1.18 bits per heavy atom. The number of rotatable bonds is 7. The molecule has 2 aromatic rings. The van der Waals surface area contributed by atoms with Crippen molar-refractivity contribution in [1.29, 1.82) is 0 Å². The number of nitrogens with zero attached hydrogens (tertiary/aromatic N) is 4. The van der Waals surface area contributed by atoms with E-state index in [1.165, 1.54) is 0 Å². The number of likely N-dealkylation sites (N-methyl/N-ethyl adjacent to an activating group) is 1. The number of guanidine groups is 1. The fourth-order valence-corrected chi connectivity index (χ4v) is 3.52. The molecule has 180 valence electrons. The summed E-state index contributed by atoms with van der Waals surface area (Å²) < 4.78 is 5.22. The number of methoxy groups -OCH3 is 1. The summed E-state index contributed by atoms with van der Waals surface area (Å²) >= 11 is 0. The molecule has 0 radical (unpaired) electrons. The molecule has 1 amide bonds. The molecule has 3 rings (SSSR count). The zero-order valence-electron chi connectivity index (χ0n) is 19.9. The molecular weight excluding hydrogens is 531 g/mol. The van der Waals surface area contributed by atoms with Crippen LogP contribution in [0.1, 0.15) is 24.1 Å². The van der Waals surface area contributed by atoms with Crippen molar-refractivity contribution < 1.29 is 9.53 Å². The van der Waals surface area contributed by atoms with Crippen molar-refractivity contribution in [3.63, 3.8) is 0 Å². The molecule has 1 saturated heterocycles. The first-order valence-electron chi connectivity index (χ1n) is 11.0. The van der Waals surface area contributed by atoms with Crippen LogP contribution in [0.2, 0.25) is 0 Å². The predicted molar refractivity (Wildman–Crippen MR) is 144 cm³/mol. The van der Waals surface area contributed by atoms with Gasteiger partial charge in [0.15, 0.2) is 5.96 Å². The molecule has 1 aliphatic rings. The minimum atomic E-state index is 0. The Balaban J connectivity index is 0.00000385. The molecule has 1 aromatic heterocycles. The number of pyridine rings is 1. The molecule has 0 unspecified atom stereocenters. The average Bonchev–Trinajstić information content (AvgIpc) is 2.81. The Hall–Kier alpha value is -2.56. The highest BCUT2D eigenvalue weighted by atomic mass is 127. The van der Waals surface area contributed by atoms with Crippen LogP contribution in [0, 0.1) is 6.92 Å². The number of aliphatic imine (C=N–C) groups is 1. The molecule has 0 atom stereocenters. The number of anilines is 1. The van der Waals surface area contributed by atoms with Crippen molar-refractivity contribution in [3.05, 3.63) is 53.7 Å². The number of hydrogen-bond donors (Lipinski definition) is 2. The molecule has 1 aliphatic heterocycles. The van der Waals surface area contributed by atoms with Crippen molar-refractivity contribution in [2.75, 3.05) is 45.7 Å². The van der Waals surface area contributed by atoms with Crippen molar-refractivity contribution in [2.45, 2.75) is 32.4 Å². The summed E-state index contributed by atoms with van der Waals surface area (Å²) in [6.07, 6.45) is 1.95. The maximum atomic E-state index is 12.1. The Morgan fingerprint density at radius 2 is 1.88 bits per heavy atom. The first-order chi connectivity index (χ1) is 15.4. The molecule has 2 heterocycles. The van der Waals surface area contributed by atoms with E-state index in [-0.39, 0.29) is 42.5 Å². The number of nitrogens with one attached hydrogen (secondary N) is 2. The van der Waals surface area contributed by atoms with Crippen molar-refractivity contribution in [2.24, 2.45) is 4.99 Å². The average molecular weight is 566 g/mol. The van der Waals surface area contributed by atoms with Crippen LogP contribution in [0.25, 0.3) is 0 Å². The molecule has 0 spiro atoms. The number of carbonyl (C=O) groups excluding carboxylic acids is 1. The van der Waals surface area contributed by atoms with Crippen LogP contribution >= 0.6 is 24.0 Å². The number of halogens is 1. The van der Waals surface area contributed by atoms with E-state index >= 15 is 0 Å². The van der Waals surface area contributed by atoms with Crippen molar-refractivity contribution in [3.8, 4) is 5.75 Å². The van der Waals surface area contributed by atoms with E-state index in [9.17, 15) is 4.79 Å². The first-order valence-corrected chi connectivity index (χ1v) is 11.0. The van der Waals surface area contributed by atoms with Gasteiger partial charge in [0, 0.05) is 38.9 Å². The summed E-state index contributed by atoms with van der Waals surface area (Å²) in [4.78, 5) is 25.3. The number of amides is 1. The van der Waals surface area contributed by atoms with Gasteiger partial charge in [0.1, 0.15) is 11.6 Å². The maximum Gasteiger partial charge on any atom is 0.241 e. The van der Waals surface area contributed by atoms with Gasteiger partial charge in [-0.1, -0.05) is 18.2 Å². The van der Waals surface area contributed by atoms with Gasteiger partial charge in [-0.05, 0) is 49.6 Å². The summed E-state index contributed by atoms with van der Waals surface area (Å²) in [5.74, 6) is 2.51. The van der Waals surface area contributed by atoms with Gasteiger partial charge in [-0.2, -0.15) is 0 Å². The number of aromatic nitrogens is 1. The first kappa shape index (κ1) is 26.7. The Bertz CT molecular complexity index is 911. The van der Waals surface area contributed by atoms with Crippen molar-refractivity contribution in [1.82, 2.24) is 20.5 Å². The normalized spacial score (nSPS) is 14.3. The fraction of sp³-hybridized carbons (Fsp3) is 0.458. The van der Waals surface area contributed by atoms with Gasteiger partial charge in [-0.25, -0.2) is 9.98 Å². The number of carbonyl (C=O) groups is 1. The van der Waals surface area contributed by atoms with Crippen LogP contribution < -0.4 is 20.3 Å². The lowest BCUT2D eigenvalue weighted by atomic mass is 10.1. The van der Waals surface area contributed by atoms with E-state index in [0.29, 0.717) is 12.5 Å². The van der Waals surface area contributed by atoms with Gasteiger partial charge in [0.25, 0.3) is 0 Å². The van der Waals surface area contributed by atoms with E-state index in [1.54, 1.807) is 26.1 Å². The van der Waals surface area contributed by atoms with Crippen LogP contribution in [0.5, 0.6) is 5.75 Å². The van der Waals surface area contributed by atoms with E-state index < -0.39 is 0 Å². The highest BCUT2D eigenvalue weighted by Gasteiger charge is 2.21. The minimum Gasteiger partial charge on any atom is -0.497 e. The molecule has 33 heavy (non-hydrogen) atoms. The second-order valence-electron chi connectivity index (χ2n) is 8.20. The molecule has 9 heteroatoms. The maximum absolute atomic E-state index is 12.1. The van der Waals surface area contributed by atoms with Crippen LogP contribution in [-0.2, 0) is 11.3 Å². The number of hydrogen-bond acceptors (Lipinski definition) is 5. The zero-order valence-corrected chi connectivity index (χ0v) is 22.2. The van der Waals surface area contributed by atoms with Gasteiger partial charge < -0.3 is 25.2 Å². The van der Waals surface area contributed by atoms with Gasteiger partial charge in [-0.15, -0.1) is 24.0 Å². The summed E-state index contributed by atoms with van der Waals surface area (Å²) in [6, 6.07) is 14.3. The van der Waals surface area contributed by atoms with E-state index in [0.717, 1.165) is 48.8 Å². The molecule has 8 nitrogen and oxygen atoms in total. The third kappa shape index (κ3) is 8.38. The largest absolute Gasteiger partial charge is 0.497 e. The van der Waals surface area contributed by atoms with Crippen LogP contribution in [0.4, 0.5) is 5.82 Å². The topological polar surface area (TPSA) is 82.1 Å². The predicted octanol–water partition coefficient (Wildman–Crippen LogP) is 2.81. The van der Waals surface area contributed by atoms with Crippen molar-refractivity contribution >= 4 is 41.7 Å². The second-order valence-corrected chi connectivity index (χ2v) is 8.20. The fourth-order valence-electron chi connectivity index (χ4n) is 3.52. The second kappa shape index (κ2) is 13.2. The Morgan fingerprint density at radius 3 is 2.48 bits per heavy atom. The molecular formula is C24H35IN6O2. The summed E-state index contributed by atoms with van der Waals surface area (Å²) in [5.41, 5.74) is 2.11. The van der Waals surface area contributed by atoms with E-state index in [2.05, 4.69) is 32.7 Å². The molecule has 0 saturated carbocycles. The number of ether oxygens (including phenoxy) is 1. The lowest BCUT2D eigenvalue weighted by molar-refractivity contribution is -0.127. The van der Waals surface area contributed by atoms with E-state index in [1.807, 2.05) is 37.3 Å². The summed E-state index contributed by atoms with van der Waals surface area (Å²) in [7, 11) is 5.16. The molecule has 0 aliphatic carbocycles. The third-order valence-corrected chi connectivity index (χ3v) is 5.52. The third-order valence-electron chi connectivity index (χ3n) is 5.52. The van der Waals surface area contributed by atoms with Gasteiger partial charge in [0.2, 0.25) is 5.91 Å². The quantitative estimate of drug-likeness (QED) is 0.305. The van der Waals surface area contributed by atoms with Crippen LogP contribution in [0.3, 0.4) is 0 Å². The van der Waals surface area contributed by atoms with E-state index in [4.69, 9.17) is 9.73 Å². The molecule has 0 bridgehead atoms. The van der Waals surface area contributed by atoms with Gasteiger partial charge in [0.05, 0.1) is 20.2 Å². The van der Waals surface area contributed by atoms with Crippen LogP contribution in [0.15, 0.2) is 47.5 Å². The number of aryl methyl sites for hydroxylation is 1. The lowest BCUT2D eigenvalue weighted by Crippen LogP contribution is -2.50. The smallest absolute Gasteiger partial charge is 0.241 e. The number of piperidine rings is 1. The van der Waals surface area contributed by atoms with Gasteiger partial charge in [-0.3, -0.25) is 4.79 Å². The SMILES string of the molecule is COc1ccc(CN=C(NCC(=O)N(C)C)NC2CCN(c3cccc(C)n3)CC2)cc1.I. The molecule has 1 aromatic carbocycles. The van der Waals surface area contributed by atoms with Gasteiger partial charge >= 0.3 is 0 Å². The lowest BCUT2D eigenvalue weighted by Gasteiger charge is -2.34. The summed E-state index contributed by atoms with van der Waals surface area (Å²) in [5, 5.41) is 6.71. The standard InChI is InChI=1S/C24H34N6O2.HI/c1-18-6-5-7-22(27-18)30-14-12-20(13-15-30)28-24(26-17-23(31)29(2)3)25-16-19-8-10-21(32-4)11-9-19;/h5-11,20H,12-17H2,1-4H3,(H2,25,26,28);1H. The number of benzene rings is 1. The molecule has 2 N–H and O–H groups in total. The molecule has 1 fully saturated rings. The highest BCUT2D eigenvalue weighted by Crippen LogP contribution is 2.18. The monoisotopic (exact) mass is 566 g/mol. The zero-order chi connectivity index (χ0) is 22.9. The summed E-state index contributed by atoms with van der Waals surface area (Å²) in [6.45, 7) is 4.59. The van der Waals surface area contributed by atoms with Crippen LogP contribution in [-0.4, -0.2) is 68.6 Å². The Kier molecular flexibility index (Phi) is 10.7.